The number of ether oxygens (including phenoxy) is 2. The zero-order valence-electron chi connectivity index (χ0n) is 17.9. The van der Waals surface area contributed by atoms with Crippen LogP contribution >= 0.6 is 0 Å². The maximum Gasteiger partial charge on any atom is 0.193 e. The predicted octanol–water partition coefficient (Wildman–Crippen LogP) is 3.84. The molecule has 0 spiro atoms. The van der Waals surface area contributed by atoms with Crippen LogP contribution in [0.2, 0.25) is 0 Å². The number of rotatable bonds is 7. The third-order valence-corrected chi connectivity index (χ3v) is 5.66. The Morgan fingerprint density at radius 1 is 1.10 bits per heavy atom. The van der Waals surface area contributed by atoms with Crippen molar-refractivity contribution in [1.82, 2.24) is 10.2 Å². The summed E-state index contributed by atoms with van der Waals surface area (Å²) in [5.41, 5.74) is 2.54. The Labute approximate surface area is 174 Å². The fourth-order valence-electron chi connectivity index (χ4n) is 3.95. The molecule has 0 amide bonds. The van der Waals surface area contributed by atoms with Crippen molar-refractivity contribution in [3.8, 4) is 5.75 Å². The van der Waals surface area contributed by atoms with E-state index in [9.17, 15) is 0 Å². The molecule has 1 saturated heterocycles. The lowest BCUT2D eigenvalue weighted by Crippen LogP contribution is -2.41. The summed E-state index contributed by atoms with van der Waals surface area (Å²) in [7, 11) is 3.79. The van der Waals surface area contributed by atoms with Crippen LogP contribution in [0.15, 0.2) is 59.6 Å². The number of nitrogens with zero attached hydrogens (tertiary/aromatic N) is 2. The molecular weight excluding hydrogens is 362 g/mol. The predicted molar refractivity (Wildman–Crippen MR) is 119 cm³/mol. The summed E-state index contributed by atoms with van der Waals surface area (Å²) in [6.07, 6.45) is 1.99. The van der Waals surface area contributed by atoms with Crippen molar-refractivity contribution in [2.24, 2.45) is 4.99 Å². The van der Waals surface area contributed by atoms with Crippen molar-refractivity contribution in [3.63, 3.8) is 0 Å². The molecule has 1 N–H and O–H groups in total. The van der Waals surface area contributed by atoms with Gasteiger partial charge in [0.05, 0.1) is 13.7 Å². The summed E-state index contributed by atoms with van der Waals surface area (Å²) in [6, 6.07) is 18.9. The van der Waals surface area contributed by atoms with Gasteiger partial charge < -0.3 is 19.7 Å². The largest absolute Gasteiger partial charge is 0.496 e. The highest BCUT2D eigenvalue weighted by atomic mass is 16.5. The van der Waals surface area contributed by atoms with Gasteiger partial charge in [-0.15, -0.1) is 0 Å². The van der Waals surface area contributed by atoms with Crippen molar-refractivity contribution in [1.29, 1.82) is 0 Å². The van der Waals surface area contributed by atoms with E-state index < -0.39 is 0 Å². The number of hydrogen-bond donors (Lipinski definition) is 1. The number of nitrogens with one attached hydrogen (secondary N) is 1. The van der Waals surface area contributed by atoms with Crippen LogP contribution < -0.4 is 10.1 Å². The van der Waals surface area contributed by atoms with E-state index in [1.54, 1.807) is 7.11 Å². The first-order valence-corrected chi connectivity index (χ1v) is 10.4. The first-order valence-electron chi connectivity index (χ1n) is 10.4. The first-order chi connectivity index (χ1) is 14.2. The molecule has 29 heavy (non-hydrogen) atoms. The van der Waals surface area contributed by atoms with Gasteiger partial charge in [-0.1, -0.05) is 48.5 Å². The Hall–Kier alpha value is -2.53. The Morgan fingerprint density at radius 3 is 2.48 bits per heavy atom. The van der Waals surface area contributed by atoms with Crippen LogP contribution in [0.5, 0.6) is 5.75 Å². The second-order valence-electron chi connectivity index (χ2n) is 7.60. The van der Waals surface area contributed by atoms with Gasteiger partial charge in [-0.05, 0) is 31.4 Å². The Bertz CT molecular complexity index is 786. The monoisotopic (exact) mass is 395 g/mol. The summed E-state index contributed by atoms with van der Waals surface area (Å²) in [4.78, 5) is 7.24. The molecule has 2 aromatic carbocycles. The molecular formula is C24H33N3O2. The molecule has 5 heteroatoms. The number of guanidine groups is 1. The van der Waals surface area contributed by atoms with E-state index >= 15 is 0 Å². The second kappa shape index (κ2) is 10.3. The van der Waals surface area contributed by atoms with Gasteiger partial charge in [0.2, 0.25) is 0 Å². The zero-order valence-corrected chi connectivity index (χ0v) is 17.9. The molecule has 0 bridgehead atoms. The highest BCUT2D eigenvalue weighted by molar-refractivity contribution is 5.79. The normalized spacial score (nSPS) is 16.3. The van der Waals surface area contributed by atoms with Crippen LogP contribution in [0.25, 0.3) is 0 Å². The van der Waals surface area contributed by atoms with Crippen LogP contribution in [0.3, 0.4) is 0 Å². The molecule has 2 aromatic rings. The Kier molecular flexibility index (Phi) is 7.53. The van der Waals surface area contributed by atoms with E-state index in [1.807, 2.05) is 18.2 Å². The third-order valence-electron chi connectivity index (χ3n) is 5.66. The lowest BCUT2D eigenvalue weighted by atomic mass is 9.74. The maximum atomic E-state index is 5.66. The summed E-state index contributed by atoms with van der Waals surface area (Å²) in [5.74, 6) is 1.82. The van der Waals surface area contributed by atoms with Crippen LogP contribution in [-0.4, -0.2) is 51.3 Å². The highest BCUT2D eigenvalue weighted by Crippen LogP contribution is 2.35. The molecule has 0 unspecified atom stereocenters. The minimum Gasteiger partial charge on any atom is -0.496 e. The summed E-state index contributed by atoms with van der Waals surface area (Å²) >= 11 is 0. The summed E-state index contributed by atoms with van der Waals surface area (Å²) in [5, 5.41) is 3.45. The molecule has 0 saturated carbocycles. The molecule has 1 fully saturated rings. The van der Waals surface area contributed by atoms with E-state index in [2.05, 4.69) is 60.6 Å². The quantitative estimate of drug-likeness (QED) is 0.572. The number of benzene rings is 2. The van der Waals surface area contributed by atoms with Gasteiger partial charge in [-0.25, -0.2) is 0 Å². The van der Waals surface area contributed by atoms with Crippen molar-refractivity contribution in [2.75, 3.05) is 40.5 Å². The second-order valence-corrected chi connectivity index (χ2v) is 7.60. The third kappa shape index (κ3) is 5.30. The minimum atomic E-state index is 0.0332. The van der Waals surface area contributed by atoms with Crippen molar-refractivity contribution >= 4 is 5.96 Å². The molecule has 0 aliphatic carbocycles. The molecule has 1 heterocycles. The molecule has 0 aromatic heterocycles. The summed E-state index contributed by atoms with van der Waals surface area (Å²) < 4.78 is 11.2. The average Bonchev–Trinajstić information content (AvgIpc) is 2.78. The lowest BCUT2D eigenvalue weighted by molar-refractivity contribution is 0.0530. The van der Waals surface area contributed by atoms with Gasteiger partial charge >= 0.3 is 0 Å². The van der Waals surface area contributed by atoms with Gasteiger partial charge in [0.1, 0.15) is 5.75 Å². The standard InChI is InChI=1S/C24H33N3O2/c1-4-25-23(27(2)18-20-10-8-9-13-22(20)28-3)26-19-24(14-16-29-17-15-24)21-11-6-5-7-12-21/h5-13H,4,14-19H2,1-3H3,(H,25,26). The fourth-order valence-corrected chi connectivity index (χ4v) is 3.95. The zero-order chi connectivity index (χ0) is 20.5. The van der Waals surface area contributed by atoms with Crippen LogP contribution in [0.1, 0.15) is 30.9 Å². The van der Waals surface area contributed by atoms with Crippen molar-refractivity contribution in [3.05, 3.63) is 65.7 Å². The van der Waals surface area contributed by atoms with E-state index in [0.717, 1.165) is 63.0 Å². The fraction of sp³-hybridized carbons (Fsp3) is 0.458. The van der Waals surface area contributed by atoms with Gasteiger partial charge in [0.15, 0.2) is 5.96 Å². The SMILES string of the molecule is CCNC(=NCC1(c2ccccc2)CCOCC1)N(C)Cc1ccccc1OC. The molecule has 156 valence electrons. The van der Waals surface area contributed by atoms with E-state index in [-0.39, 0.29) is 5.41 Å². The Morgan fingerprint density at radius 2 is 1.79 bits per heavy atom. The smallest absolute Gasteiger partial charge is 0.193 e. The van der Waals surface area contributed by atoms with Gasteiger partial charge in [-0.2, -0.15) is 0 Å². The van der Waals surface area contributed by atoms with E-state index in [1.165, 1.54) is 5.56 Å². The molecule has 1 aliphatic heterocycles. The number of methoxy groups -OCH3 is 1. The van der Waals surface area contributed by atoms with Crippen LogP contribution in [0.4, 0.5) is 0 Å². The van der Waals surface area contributed by atoms with Gasteiger partial charge in [-0.3, -0.25) is 4.99 Å². The van der Waals surface area contributed by atoms with Gasteiger partial charge in [0, 0.05) is 44.3 Å². The van der Waals surface area contributed by atoms with Crippen LogP contribution in [0, 0.1) is 0 Å². The Balaban J connectivity index is 1.81. The molecule has 0 atom stereocenters. The first kappa shape index (κ1) is 21.2. The molecule has 1 aliphatic rings. The maximum absolute atomic E-state index is 5.66. The number of para-hydroxylation sites is 1. The number of hydrogen-bond acceptors (Lipinski definition) is 3. The lowest BCUT2D eigenvalue weighted by Gasteiger charge is -2.37. The van der Waals surface area contributed by atoms with Crippen LogP contribution in [-0.2, 0) is 16.7 Å². The molecule has 5 nitrogen and oxygen atoms in total. The molecule has 0 radical (unpaired) electrons. The number of aliphatic imine (C=N–C) groups is 1. The summed E-state index contributed by atoms with van der Waals surface area (Å²) in [6.45, 7) is 6.00. The van der Waals surface area contributed by atoms with E-state index in [0.29, 0.717) is 0 Å². The topological polar surface area (TPSA) is 46.1 Å². The van der Waals surface area contributed by atoms with Crippen molar-refractivity contribution < 1.29 is 9.47 Å². The van der Waals surface area contributed by atoms with Gasteiger partial charge in [0.25, 0.3) is 0 Å². The molecule has 3 rings (SSSR count). The minimum absolute atomic E-state index is 0.0332. The average molecular weight is 396 g/mol. The van der Waals surface area contributed by atoms with E-state index in [4.69, 9.17) is 14.5 Å². The highest BCUT2D eigenvalue weighted by Gasteiger charge is 2.34. The van der Waals surface area contributed by atoms with Crippen molar-refractivity contribution in [2.45, 2.75) is 31.7 Å².